The summed E-state index contributed by atoms with van der Waals surface area (Å²) in [6.07, 6.45) is 0.888. The first kappa shape index (κ1) is 23.0. The van der Waals surface area contributed by atoms with Crippen LogP contribution < -0.4 is 20.1 Å². The molecule has 0 saturated carbocycles. The Morgan fingerprint density at radius 1 is 1.07 bits per heavy atom. The maximum atomic E-state index is 8.87. The van der Waals surface area contributed by atoms with Crippen molar-refractivity contribution in [2.75, 3.05) is 60.3 Å². The minimum Gasteiger partial charge on any atom is -0.493 e. The van der Waals surface area contributed by atoms with Crippen LogP contribution in [-0.4, -0.2) is 71.4 Å². The fourth-order valence-corrected chi connectivity index (χ4v) is 2.22. The molecule has 0 aliphatic heterocycles. The van der Waals surface area contributed by atoms with Gasteiger partial charge in [-0.3, -0.25) is 0 Å². The Morgan fingerprint density at radius 2 is 1.93 bits per heavy atom. The van der Waals surface area contributed by atoms with Crippen molar-refractivity contribution in [2.45, 2.75) is 19.9 Å². The molecule has 0 radical (unpaired) electrons. The van der Waals surface area contributed by atoms with Crippen LogP contribution in [0.3, 0.4) is 0 Å². The molecule has 0 bridgehead atoms. The van der Waals surface area contributed by atoms with Gasteiger partial charge in [0.05, 0.1) is 33.5 Å². The van der Waals surface area contributed by atoms with Crippen molar-refractivity contribution in [1.29, 1.82) is 0 Å². The molecular formula is C19H33N3O5. The zero-order valence-electron chi connectivity index (χ0n) is 16.6. The quantitative estimate of drug-likeness (QED) is 0.252. The largest absolute Gasteiger partial charge is 0.493 e. The van der Waals surface area contributed by atoms with Crippen LogP contribution in [0.2, 0.25) is 0 Å². The van der Waals surface area contributed by atoms with Gasteiger partial charge in [-0.2, -0.15) is 0 Å². The number of nitrogens with zero attached hydrogens (tertiary/aromatic N) is 1. The molecule has 8 nitrogen and oxygen atoms in total. The van der Waals surface area contributed by atoms with E-state index in [0.717, 1.165) is 31.0 Å². The molecule has 1 rings (SSSR count). The van der Waals surface area contributed by atoms with Gasteiger partial charge in [0.2, 0.25) is 0 Å². The molecule has 0 heterocycles. The number of hydrogen-bond donors (Lipinski definition) is 3. The number of hydrogen-bond acceptors (Lipinski definition) is 6. The molecule has 0 amide bonds. The molecule has 0 saturated heterocycles. The SMILES string of the molecule is CCNC(=NCc1ccc(OCCO)c(OC)c1)NCCCOCCOC. The van der Waals surface area contributed by atoms with Crippen LogP contribution in [0.4, 0.5) is 0 Å². The molecule has 0 aliphatic carbocycles. The van der Waals surface area contributed by atoms with E-state index in [1.807, 2.05) is 25.1 Å². The van der Waals surface area contributed by atoms with Gasteiger partial charge in [-0.15, -0.1) is 0 Å². The van der Waals surface area contributed by atoms with Crippen molar-refractivity contribution in [2.24, 2.45) is 4.99 Å². The van der Waals surface area contributed by atoms with Gasteiger partial charge < -0.3 is 34.7 Å². The molecule has 3 N–H and O–H groups in total. The number of guanidine groups is 1. The van der Waals surface area contributed by atoms with Crippen molar-refractivity contribution in [1.82, 2.24) is 10.6 Å². The van der Waals surface area contributed by atoms with E-state index < -0.39 is 0 Å². The summed E-state index contributed by atoms with van der Waals surface area (Å²) in [6, 6.07) is 5.66. The second-order valence-corrected chi connectivity index (χ2v) is 5.64. The molecule has 27 heavy (non-hydrogen) atoms. The molecule has 0 atom stereocenters. The number of nitrogens with one attached hydrogen (secondary N) is 2. The lowest BCUT2D eigenvalue weighted by Crippen LogP contribution is -2.38. The standard InChI is InChI=1S/C19H33N3O5/c1-4-20-19(21-8-5-10-26-13-12-24-2)22-15-16-6-7-17(27-11-9-23)18(14-16)25-3/h6-7,14,23H,4-5,8-13,15H2,1-3H3,(H2,20,21,22). The molecule has 154 valence electrons. The molecule has 1 aromatic carbocycles. The summed E-state index contributed by atoms with van der Waals surface area (Å²) in [4.78, 5) is 4.60. The van der Waals surface area contributed by atoms with E-state index in [-0.39, 0.29) is 13.2 Å². The van der Waals surface area contributed by atoms with Crippen LogP contribution in [-0.2, 0) is 16.0 Å². The molecule has 1 aromatic rings. The number of aliphatic hydroxyl groups is 1. The Hall–Kier alpha value is -2.03. The Morgan fingerprint density at radius 3 is 2.63 bits per heavy atom. The first-order chi connectivity index (χ1) is 13.2. The number of ether oxygens (including phenoxy) is 4. The predicted octanol–water partition coefficient (Wildman–Crippen LogP) is 1.17. The average molecular weight is 383 g/mol. The summed E-state index contributed by atoms with van der Waals surface area (Å²) in [7, 11) is 3.25. The summed E-state index contributed by atoms with van der Waals surface area (Å²) in [5.74, 6) is 1.99. The van der Waals surface area contributed by atoms with Crippen molar-refractivity contribution in [3.8, 4) is 11.5 Å². The predicted molar refractivity (Wildman–Crippen MR) is 106 cm³/mol. The summed E-state index contributed by atoms with van der Waals surface area (Å²) in [5, 5.41) is 15.4. The molecule has 0 aromatic heterocycles. The fourth-order valence-electron chi connectivity index (χ4n) is 2.22. The molecule has 8 heteroatoms. The zero-order valence-corrected chi connectivity index (χ0v) is 16.6. The van der Waals surface area contributed by atoms with E-state index in [0.29, 0.717) is 37.9 Å². The lowest BCUT2D eigenvalue weighted by atomic mass is 10.2. The first-order valence-corrected chi connectivity index (χ1v) is 9.24. The fraction of sp³-hybridized carbons (Fsp3) is 0.632. The maximum Gasteiger partial charge on any atom is 0.191 e. The van der Waals surface area contributed by atoms with E-state index in [4.69, 9.17) is 24.1 Å². The van der Waals surface area contributed by atoms with E-state index >= 15 is 0 Å². The van der Waals surface area contributed by atoms with Crippen molar-refractivity contribution in [3.63, 3.8) is 0 Å². The van der Waals surface area contributed by atoms with Crippen LogP contribution in [0.25, 0.3) is 0 Å². The average Bonchev–Trinajstić information content (AvgIpc) is 2.69. The van der Waals surface area contributed by atoms with Crippen molar-refractivity contribution < 1.29 is 24.1 Å². The Kier molecular flexibility index (Phi) is 12.8. The van der Waals surface area contributed by atoms with Crippen molar-refractivity contribution in [3.05, 3.63) is 23.8 Å². The van der Waals surface area contributed by atoms with Gasteiger partial charge in [-0.1, -0.05) is 6.07 Å². The van der Waals surface area contributed by atoms with Crippen LogP contribution in [0, 0.1) is 0 Å². The van der Waals surface area contributed by atoms with Crippen LogP contribution in [0.5, 0.6) is 11.5 Å². The molecular weight excluding hydrogens is 350 g/mol. The molecule has 0 fully saturated rings. The summed E-state index contributed by atoms with van der Waals surface area (Å²) in [5.41, 5.74) is 1.00. The van der Waals surface area contributed by atoms with Gasteiger partial charge in [-0.25, -0.2) is 4.99 Å². The number of rotatable bonds is 14. The summed E-state index contributed by atoms with van der Waals surface area (Å²) in [6.45, 7) is 6.21. The number of benzene rings is 1. The molecule has 0 unspecified atom stereocenters. The minimum absolute atomic E-state index is 0.0374. The number of aliphatic hydroxyl groups excluding tert-OH is 1. The van der Waals surface area contributed by atoms with Crippen molar-refractivity contribution >= 4 is 5.96 Å². The normalized spacial score (nSPS) is 11.3. The van der Waals surface area contributed by atoms with E-state index in [1.165, 1.54) is 0 Å². The van der Waals surface area contributed by atoms with E-state index in [9.17, 15) is 0 Å². The monoisotopic (exact) mass is 383 g/mol. The van der Waals surface area contributed by atoms with Gasteiger partial charge in [0.25, 0.3) is 0 Å². The highest BCUT2D eigenvalue weighted by molar-refractivity contribution is 5.79. The van der Waals surface area contributed by atoms with Gasteiger partial charge >= 0.3 is 0 Å². The molecule has 0 spiro atoms. The third-order valence-corrected chi connectivity index (χ3v) is 3.53. The third kappa shape index (κ3) is 10.0. The topological polar surface area (TPSA) is 93.6 Å². The van der Waals surface area contributed by atoms with E-state index in [1.54, 1.807) is 14.2 Å². The zero-order chi connectivity index (χ0) is 19.7. The Bertz CT molecular complexity index is 540. The summed E-state index contributed by atoms with van der Waals surface area (Å²) < 4.78 is 21.2. The number of methoxy groups -OCH3 is 2. The Balaban J connectivity index is 2.51. The second kappa shape index (κ2) is 15.1. The van der Waals surface area contributed by atoms with Crippen LogP contribution >= 0.6 is 0 Å². The number of aliphatic imine (C=N–C) groups is 1. The summed E-state index contributed by atoms with van der Waals surface area (Å²) >= 11 is 0. The van der Waals surface area contributed by atoms with Crippen LogP contribution in [0.15, 0.2) is 23.2 Å². The lowest BCUT2D eigenvalue weighted by molar-refractivity contribution is 0.0698. The molecule has 0 aliphatic rings. The highest BCUT2D eigenvalue weighted by atomic mass is 16.5. The lowest BCUT2D eigenvalue weighted by Gasteiger charge is -2.13. The highest BCUT2D eigenvalue weighted by Gasteiger charge is 2.06. The van der Waals surface area contributed by atoms with Gasteiger partial charge in [0, 0.05) is 26.8 Å². The first-order valence-electron chi connectivity index (χ1n) is 9.24. The van der Waals surface area contributed by atoms with Gasteiger partial charge in [0.1, 0.15) is 6.61 Å². The smallest absolute Gasteiger partial charge is 0.191 e. The van der Waals surface area contributed by atoms with Gasteiger partial charge in [0.15, 0.2) is 17.5 Å². The third-order valence-electron chi connectivity index (χ3n) is 3.53. The highest BCUT2D eigenvalue weighted by Crippen LogP contribution is 2.28. The van der Waals surface area contributed by atoms with Gasteiger partial charge in [-0.05, 0) is 31.0 Å². The van der Waals surface area contributed by atoms with E-state index in [2.05, 4.69) is 15.6 Å². The van der Waals surface area contributed by atoms with Crippen LogP contribution in [0.1, 0.15) is 18.9 Å². The Labute approximate surface area is 161 Å². The minimum atomic E-state index is -0.0374. The second-order valence-electron chi connectivity index (χ2n) is 5.64. The maximum absolute atomic E-state index is 8.87.